The first-order valence-electron chi connectivity index (χ1n) is 4.50. The van der Waals surface area contributed by atoms with Crippen molar-refractivity contribution in [1.82, 2.24) is 0 Å². The second kappa shape index (κ2) is 5.57. The van der Waals surface area contributed by atoms with Gasteiger partial charge in [-0.15, -0.1) is 0 Å². The molecule has 0 aromatic heterocycles. The lowest BCUT2D eigenvalue weighted by Crippen LogP contribution is -2.05. The van der Waals surface area contributed by atoms with E-state index in [9.17, 15) is 4.39 Å². The summed E-state index contributed by atoms with van der Waals surface area (Å²) < 4.78 is 18.5. The fraction of sp³-hybridized carbons (Fsp3) is 0.400. The number of ether oxygens (including phenoxy) is 1. The van der Waals surface area contributed by atoms with E-state index in [1.165, 1.54) is 6.07 Å². The summed E-state index contributed by atoms with van der Waals surface area (Å²) in [5.41, 5.74) is 0.582. The van der Waals surface area contributed by atoms with Gasteiger partial charge in [0.1, 0.15) is 11.6 Å². The molecule has 0 aliphatic carbocycles. The van der Waals surface area contributed by atoms with Gasteiger partial charge in [-0.25, -0.2) is 10.3 Å². The minimum atomic E-state index is -0.284. The minimum Gasteiger partial charge on any atom is -0.494 e. The fourth-order valence-electron chi connectivity index (χ4n) is 1.16. The Hall–Kier alpha value is -1.13. The van der Waals surface area contributed by atoms with Crippen LogP contribution in [0.2, 0.25) is 0 Å². The van der Waals surface area contributed by atoms with Crippen molar-refractivity contribution < 1.29 is 14.0 Å². The molecule has 78 valence electrons. The molecule has 14 heavy (non-hydrogen) atoms. The van der Waals surface area contributed by atoms with Crippen molar-refractivity contribution in [1.29, 1.82) is 0 Å². The maximum absolute atomic E-state index is 13.3. The molecule has 4 heteroatoms. The molecule has 0 atom stereocenters. The lowest BCUT2D eigenvalue weighted by molar-refractivity contribution is 0.140. The van der Waals surface area contributed by atoms with Crippen molar-refractivity contribution in [3.63, 3.8) is 0 Å². The van der Waals surface area contributed by atoms with E-state index in [-0.39, 0.29) is 5.82 Å². The Morgan fingerprint density at radius 2 is 2.21 bits per heavy atom. The lowest BCUT2D eigenvalue weighted by Gasteiger charge is -2.06. The zero-order valence-corrected chi connectivity index (χ0v) is 8.13. The molecule has 0 unspecified atom stereocenters. The molecule has 3 nitrogen and oxygen atoms in total. The highest BCUT2D eigenvalue weighted by Crippen LogP contribution is 2.16. The van der Waals surface area contributed by atoms with Gasteiger partial charge in [0.15, 0.2) is 0 Å². The molecule has 0 spiro atoms. The van der Waals surface area contributed by atoms with Gasteiger partial charge in [0, 0.05) is 12.5 Å². The van der Waals surface area contributed by atoms with E-state index in [1.807, 2.05) is 6.92 Å². The summed E-state index contributed by atoms with van der Waals surface area (Å²) in [4.78, 5) is 4.38. The quantitative estimate of drug-likeness (QED) is 0.733. The molecule has 1 aromatic rings. The van der Waals surface area contributed by atoms with E-state index in [2.05, 4.69) is 4.84 Å². The van der Waals surface area contributed by atoms with Gasteiger partial charge in [-0.3, -0.25) is 0 Å². The highest BCUT2D eigenvalue weighted by atomic mass is 19.1. The van der Waals surface area contributed by atoms with E-state index >= 15 is 0 Å². The van der Waals surface area contributed by atoms with Gasteiger partial charge in [0.2, 0.25) is 0 Å². The predicted octanol–water partition coefficient (Wildman–Crippen LogP) is 1.66. The monoisotopic (exact) mass is 199 g/mol. The summed E-state index contributed by atoms with van der Waals surface area (Å²) >= 11 is 0. The van der Waals surface area contributed by atoms with Crippen LogP contribution >= 0.6 is 0 Å². The third-order valence-corrected chi connectivity index (χ3v) is 1.82. The van der Waals surface area contributed by atoms with Crippen LogP contribution in [0.15, 0.2) is 18.2 Å². The van der Waals surface area contributed by atoms with Crippen LogP contribution in [0.3, 0.4) is 0 Å². The van der Waals surface area contributed by atoms with Crippen LogP contribution in [-0.2, 0) is 11.3 Å². The summed E-state index contributed by atoms with van der Waals surface area (Å²) in [7, 11) is 0. The highest BCUT2D eigenvalue weighted by Gasteiger charge is 2.03. The van der Waals surface area contributed by atoms with Crippen LogP contribution in [0, 0.1) is 5.82 Å². The second-order valence-electron chi connectivity index (χ2n) is 2.81. The van der Waals surface area contributed by atoms with Crippen LogP contribution < -0.4 is 10.6 Å². The molecule has 0 heterocycles. The minimum absolute atomic E-state index is 0.284. The normalized spacial score (nSPS) is 10.2. The average molecular weight is 199 g/mol. The Morgan fingerprint density at radius 3 is 2.79 bits per heavy atom. The molecule has 0 fully saturated rings. The first-order chi connectivity index (χ1) is 6.77. The Morgan fingerprint density at radius 1 is 1.43 bits per heavy atom. The summed E-state index contributed by atoms with van der Waals surface area (Å²) in [5, 5.41) is 0. The van der Waals surface area contributed by atoms with Crippen LogP contribution in [0.4, 0.5) is 4.39 Å². The van der Waals surface area contributed by atoms with E-state index in [4.69, 9.17) is 10.6 Å². The topological polar surface area (TPSA) is 44.5 Å². The van der Waals surface area contributed by atoms with E-state index in [0.29, 0.717) is 30.9 Å². The van der Waals surface area contributed by atoms with Crippen molar-refractivity contribution in [3.05, 3.63) is 29.6 Å². The first-order valence-corrected chi connectivity index (χ1v) is 4.50. The predicted molar refractivity (Wildman–Crippen MR) is 51.4 cm³/mol. The molecule has 0 saturated carbocycles. The van der Waals surface area contributed by atoms with Crippen molar-refractivity contribution >= 4 is 0 Å². The van der Waals surface area contributed by atoms with Gasteiger partial charge < -0.3 is 9.57 Å². The van der Waals surface area contributed by atoms with Crippen LogP contribution in [-0.4, -0.2) is 13.2 Å². The Bertz CT molecular complexity index is 291. The number of rotatable bonds is 5. The van der Waals surface area contributed by atoms with Gasteiger partial charge in [0.25, 0.3) is 0 Å². The van der Waals surface area contributed by atoms with Crippen molar-refractivity contribution in [2.24, 2.45) is 5.90 Å². The molecule has 0 radical (unpaired) electrons. The van der Waals surface area contributed by atoms with E-state index in [0.717, 1.165) is 0 Å². The second-order valence-corrected chi connectivity index (χ2v) is 2.81. The molecular formula is C10H14FNO2. The smallest absolute Gasteiger partial charge is 0.130 e. The molecule has 0 bridgehead atoms. The van der Waals surface area contributed by atoms with Crippen molar-refractivity contribution in [2.75, 3.05) is 13.2 Å². The molecule has 0 aliphatic rings. The number of halogens is 1. The van der Waals surface area contributed by atoms with Crippen LogP contribution in [0.1, 0.15) is 12.5 Å². The SMILES string of the molecule is CCOc1ccc(CCON)c(F)c1. The number of hydrogen-bond acceptors (Lipinski definition) is 3. The summed E-state index contributed by atoms with van der Waals surface area (Å²) in [5.74, 6) is 5.12. The van der Waals surface area contributed by atoms with Gasteiger partial charge >= 0.3 is 0 Å². The van der Waals surface area contributed by atoms with Crippen molar-refractivity contribution in [3.8, 4) is 5.75 Å². The van der Waals surface area contributed by atoms with Gasteiger partial charge in [-0.2, -0.15) is 0 Å². The van der Waals surface area contributed by atoms with Gasteiger partial charge in [-0.05, 0) is 18.6 Å². The Kier molecular flexibility index (Phi) is 4.35. The molecule has 0 aliphatic heterocycles. The standard InChI is InChI=1S/C10H14FNO2/c1-2-13-9-4-3-8(5-6-14-12)10(11)7-9/h3-4,7H,2,5-6,12H2,1H3. The van der Waals surface area contributed by atoms with E-state index in [1.54, 1.807) is 12.1 Å². The maximum Gasteiger partial charge on any atom is 0.130 e. The number of benzene rings is 1. The summed E-state index contributed by atoms with van der Waals surface area (Å²) in [6.45, 7) is 2.70. The molecule has 0 amide bonds. The average Bonchev–Trinajstić information content (AvgIpc) is 2.17. The maximum atomic E-state index is 13.3. The number of hydrogen-bond donors (Lipinski definition) is 1. The van der Waals surface area contributed by atoms with E-state index < -0.39 is 0 Å². The van der Waals surface area contributed by atoms with Crippen molar-refractivity contribution in [2.45, 2.75) is 13.3 Å². The van der Waals surface area contributed by atoms with Crippen LogP contribution in [0.25, 0.3) is 0 Å². The largest absolute Gasteiger partial charge is 0.494 e. The molecular weight excluding hydrogens is 185 g/mol. The fourth-order valence-corrected chi connectivity index (χ4v) is 1.16. The molecule has 0 saturated heterocycles. The Labute approximate surface area is 82.6 Å². The zero-order valence-electron chi connectivity index (χ0n) is 8.13. The van der Waals surface area contributed by atoms with Gasteiger partial charge in [-0.1, -0.05) is 6.07 Å². The summed E-state index contributed by atoms with van der Waals surface area (Å²) in [6, 6.07) is 4.78. The van der Waals surface area contributed by atoms with Gasteiger partial charge in [0.05, 0.1) is 13.2 Å². The third-order valence-electron chi connectivity index (χ3n) is 1.82. The Balaban J connectivity index is 2.68. The van der Waals surface area contributed by atoms with Crippen LogP contribution in [0.5, 0.6) is 5.75 Å². The first kappa shape index (κ1) is 10.9. The highest BCUT2D eigenvalue weighted by molar-refractivity contribution is 5.29. The lowest BCUT2D eigenvalue weighted by atomic mass is 10.1. The summed E-state index contributed by atoms with van der Waals surface area (Å²) in [6.07, 6.45) is 0.467. The number of nitrogens with two attached hydrogens (primary N) is 1. The molecule has 1 aromatic carbocycles. The molecule has 1 rings (SSSR count). The zero-order chi connectivity index (χ0) is 10.4. The third kappa shape index (κ3) is 2.97. The molecule has 2 N–H and O–H groups in total.